The minimum absolute atomic E-state index is 0.0374. The van der Waals surface area contributed by atoms with Crippen LogP contribution in [0.2, 0.25) is 0 Å². The van der Waals surface area contributed by atoms with Gasteiger partial charge in [0, 0.05) is 35.5 Å². The number of aromatic nitrogens is 2. The number of rotatable bonds is 6. The second kappa shape index (κ2) is 8.54. The molecule has 5 nitrogen and oxygen atoms in total. The first-order valence-corrected chi connectivity index (χ1v) is 10.0. The fraction of sp³-hybridized carbons (Fsp3) is 0.200. The van der Waals surface area contributed by atoms with Gasteiger partial charge in [-0.1, -0.05) is 69.2 Å². The maximum atomic E-state index is 12.4. The first kappa shape index (κ1) is 19.4. The Hall–Kier alpha value is -2.38. The van der Waals surface area contributed by atoms with Crippen LogP contribution in [0.3, 0.4) is 0 Å². The maximum Gasteiger partial charge on any atom is 0.229 e. The van der Waals surface area contributed by atoms with Crippen LogP contribution in [0.5, 0.6) is 0 Å². The highest BCUT2D eigenvalue weighted by atomic mass is 79.9. The van der Waals surface area contributed by atoms with E-state index >= 15 is 0 Å². The molecule has 0 fully saturated rings. The fourth-order valence-electron chi connectivity index (χ4n) is 2.44. The third-order valence-corrected chi connectivity index (χ3v) is 5.68. The molecule has 0 atom stereocenters. The summed E-state index contributed by atoms with van der Waals surface area (Å²) in [5, 5.41) is 9.53. The first-order valence-electron chi connectivity index (χ1n) is 8.40. The van der Waals surface area contributed by atoms with Crippen LogP contribution in [0.1, 0.15) is 28.8 Å². The van der Waals surface area contributed by atoms with Gasteiger partial charge in [-0.25, -0.2) is 0 Å². The molecule has 2 aromatic carbocycles. The zero-order valence-corrected chi connectivity index (χ0v) is 17.4. The lowest BCUT2D eigenvalue weighted by molar-refractivity contribution is -0.118. The van der Waals surface area contributed by atoms with Gasteiger partial charge in [0.05, 0.1) is 0 Å². The van der Waals surface area contributed by atoms with Gasteiger partial charge in [-0.05, 0) is 19.1 Å². The van der Waals surface area contributed by atoms with Gasteiger partial charge >= 0.3 is 0 Å². The average Bonchev–Trinajstić information content (AvgIpc) is 3.16. The van der Waals surface area contributed by atoms with Crippen molar-refractivity contribution in [2.45, 2.75) is 19.8 Å². The van der Waals surface area contributed by atoms with Crippen molar-refractivity contribution in [1.29, 1.82) is 0 Å². The summed E-state index contributed by atoms with van der Waals surface area (Å²) in [6, 6.07) is 15.1. The van der Waals surface area contributed by atoms with Crippen molar-refractivity contribution in [1.82, 2.24) is 10.2 Å². The zero-order valence-electron chi connectivity index (χ0n) is 15.0. The summed E-state index contributed by atoms with van der Waals surface area (Å²) < 4.78 is 0.988. The monoisotopic (exact) mass is 443 g/mol. The minimum Gasteiger partial charge on any atom is -0.294 e. The Kier molecular flexibility index (Phi) is 6.13. The van der Waals surface area contributed by atoms with Crippen LogP contribution in [0.4, 0.5) is 5.13 Å². The van der Waals surface area contributed by atoms with Gasteiger partial charge in [-0.15, -0.1) is 10.2 Å². The van der Waals surface area contributed by atoms with E-state index in [1.54, 1.807) is 19.2 Å². The van der Waals surface area contributed by atoms with Gasteiger partial charge in [0.2, 0.25) is 11.0 Å². The Morgan fingerprint density at radius 3 is 2.33 bits per heavy atom. The van der Waals surface area contributed by atoms with Crippen LogP contribution < -0.4 is 4.90 Å². The second-order valence-electron chi connectivity index (χ2n) is 6.14. The molecule has 0 saturated carbocycles. The van der Waals surface area contributed by atoms with Gasteiger partial charge in [0.25, 0.3) is 0 Å². The van der Waals surface area contributed by atoms with Crippen LogP contribution in [0.15, 0.2) is 53.0 Å². The van der Waals surface area contributed by atoms with Crippen LogP contribution in [-0.4, -0.2) is 28.9 Å². The third-order valence-electron chi connectivity index (χ3n) is 4.11. The van der Waals surface area contributed by atoms with Gasteiger partial charge in [0.1, 0.15) is 5.01 Å². The van der Waals surface area contributed by atoms with Crippen LogP contribution >= 0.6 is 27.3 Å². The third kappa shape index (κ3) is 4.87. The van der Waals surface area contributed by atoms with Gasteiger partial charge < -0.3 is 0 Å². The molecule has 0 N–H and O–H groups in total. The second-order valence-corrected chi connectivity index (χ2v) is 8.01. The summed E-state index contributed by atoms with van der Waals surface area (Å²) in [5.41, 5.74) is 2.67. The SMILES string of the molecule is Cc1ccc(C(=O)CCC(=O)N(C)c2nnc(-c3ccc(Br)cc3)s2)cc1. The lowest BCUT2D eigenvalue weighted by Crippen LogP contribution is -2.26. The van der Waals surface area contributed by atoms with Crippen molar-refractivity contribution in [3.8, 4) is 10.6 Å². The molecule has 0 aliphatic carbocycles. The van der Waals surface area contributed by atoms with Crippen molar-refractivity contribution in [2.24, 2.45) is 0 Å². The number of Topliss-reactive ketones (excluding diaryl/α,β-unsaturated/α-hetero) is 1. The Morgan fingerprint density at radius 1 is 1.00 bits per heavy atom. The van der Waals surface area contributed by atoms with Crippen LogP contribution in [0.25, 0.3) is 10.6 Å². The Balaban J connectivity index is 1.61. The topological polar surface area (TPSA) is 63.2 Å². The molecule has 1 aromatic heterocycles. The molecule has 3 aromatic rings. The number of carbonyl (C=O) groups excluding carboxylic acids is 2. The molecular formula is C20H18BrN3O2S. The molecular weight excluding hydrogens is 426 g/mol. The van der Waals surface area contributed by atoms with E-state index in [1.807, 2.05) is 43.3 Å². The van der Waals surface area contributed by atoms with Crippen molar-refractivity contribution in [3.05, 3.63) is 64.1 Å². The highest BCUT2D eigenvalue weighted by Gasteiger charge is 2.18. The molecule has 0 aliphatic rings. The highest BCUT2D eigenvalue weighted by Crippen LogP contribution is 2.29. The molecule has 0 saturated heterocycles. The minimum atomic E-state index is -0.158. The quantitative estimate of drug-likeness (QED) is 0.508. The van der Waals surface area contributed by atoms with E-state index in [0.717, 1.165) is 20.6 Å². The van der Waals surface area contributed by atoms with E-state index in [1.165, 1.54) is 16.2 Å². The van der Waals surface area contributed by atoms with E-state index in [9.17, 15) is 9.59 Å². The number of aryl methyl sites for hydroxylation is 1. The number of carbonyl (C=O) groups is 2. The van der Waals surface area contributed by atoms with Crippen molar-refractivity contribution >= 4 is 44.1 Å². The highest BCUT2D eigenvalue weighted by molar-refractivity contribution is 9.10. The predicted molar refractivity (Wildman–Crippen MR) is 111 cm³/mol. The standard InChI is InChI=1S/C20H18BrN3O2S/c1-13-3-5-14(6-4-13)17(25)11-12-18(26)24(2)20-23-22-19(27-20)15-7-9-16(21)10-8-15/h3-10H,11-12H2,1-2H3. The predicted octanol–water partition coefficient (Wildman–Crippen LogP) is 4.90. The average molecular weight is 444 g/mol. The molecule has 0 aliphatic heterocycles. The number of hydrogen-bond donors (Lipinski definition) is 0. The molecule has 0 unspecified atom stereocenters. The van der Waals surface area contributed by atoms with Crippen molar-refractivity contribution < 1.29 is 9.59 Å². The number of ketones is 1. The normalized spacial score (nSPS) is 10.6. The van der Waals surface area contributed by atoms with Crippen molar-refractivity contribution in [2.75, 3.05) is 11.9 Å². The molecule has 3 rings (SSSR count). The summed E-state index contributed by atoms with van der Waals surface area (Å²) in [4.78, 5) is 26.1. The number of anilines is 1. The molecule has 0 radical (unpaired) electrons. The largest absolute Gasteiger partial charge is 0.294 e. The lowest BCUT2D eigenvalue weighted by Gasteiger charge is -2.12. The fourth-order valence-corrected chi connectivity index (χ4v) is 3.53. The summed E-state index contributed by atoms with van der Waals surface area (Å²) in [6.07, 6.45) is 0.307. The molecule has 1 heterocycles. The van der Waals surface area contributed by atoms with E-state index in [-0.39, 0.29) is 24.5 Å². The summed E-state index contributed by atoms with van der Waals surface area (Å²) in [6.45, 7) is 1.97. The Labute approximate surface area is 170 Å². The number of nitrogens with zero attached hydrogens (tertiary/aromatic N) is 3. The number of halogens is 1. The van der Waals surface area contributed by atoms with Crippen LogP contribution in [-0.2, 0) is 4.79 Å². The first-order chi connectivity index (χ1) is 12.9. The Bertz CT molecular complexity index is 952. The molecule has 1 amide bonds. The molecule has 7 heteroatoms. The van der Waals surface area contributed by atoms with E-state index in [4.69, 9.17) is 0 Å². The molecule has 0 bridgehead atoms. The maximum absolute atomic E-state index is 12.4. The Morgan fingerprint density at radius 2 is 1.67 bits per heavy atom. The van der Waals surface area contributed by atoms with Crippen LogP contribution in [0, 0.1) is 6.92 Å². The number of amides is 1. The van der Waals surface area contributed by atoms with Gasteiger partial charge in [0.15, 0.2) is 5.78 Å². The van der Waals surface area contributed by atoms with E-state index in [0.29, 0.717) is 10.7 Å². The zero-order chi connectivity index (χ0) is 19.4. The van der Waals surface area contributed by atoms with Crippen molar-refractivity contribution in [3.63, 3.8) is 0 Å². The van der Waals surface area contributed by atoms with E-state index in [2.05, 4.69) is 26.1 Å². The summed E-state index contributed by atoms with van der Waals surface area (Å²) in [7, 11) is 1.66. The van der Waals surface area contributed by atoms with Gasteiger partial charge in [-0.3, -0.25) is 14.5 Å². The van der Waals surface area contributed by atoms with E-state index < -0.39 is 0 Å². The molecule has 27 heavy (non-hydrogen) atoms. The lowest BCUT2D eigenvalue weighted by atomic mass is 10.0. The summed E-state index contributed by atoms with van der Waals surface area (Å²) in [5.74, 6) is -0.196. The smallest absolute Gasteiger partial charge is 0.229 e. The molecule has 0 spiro atoms. The number of benzene rings is 2. The molecule has 138 valence electrons. The summed E-state index contributed by atoms with van der Waals surface area (Å²) >= 11 is 4.74. The van der Waals surface area contributed by atoms with Gasteiger partial charge in [-0.2, -0.15) is 0 Å². The number of hydrogen-bond acceptors (Lipinski definition) is 5.